The number of hydrogen-bond donors (Lipinski definition) is 1. The van der Waals surface area contributed by atoms with E-state index in [-0.39, 0.29) is 24.7 Å². The van der Waals surface area contributed by atoms with Crippen LogP contribution in [0.25, 0.3) is 0 Å². The Bertz CT molecular complexity index is 593. The van der Waals surface area contributed by atoms with E-state index in [2.05, 4.69) is 4.18 Å². The summed E-state index contributed by atoms with van der Waals surface area (Å²) in [6.45, 7) is 1.88. The fourth-order valence-electron chi connectivity index (χ4n) is 2.36. The van der Waals surface area contributed by atoms with Crippen molar-refractivity contribution in [3.8, 4) is 0 Å². The molecular formula is C12H15Cl2NO4S. The molecule has 112 valence electrons. The van der Waals surface area contributed by atoms with E-state index in [4.69, 9.17) is 33.1 Å². The lowest BCUT2D eigenvalue weighted by Crippen LogP contribution is -2.22. The summed E-state index contributed by atoms with van der Waals surface area (Å²) in [4.78, 5) is 0. The molecule has 0 bridgehead atoms. The van der Waals surface area contributed by atoms with Crippen LogP contribution in [0.5, 0.6) is 0 Å². The van der Waals surface area contributed by atoms with Gasteiger partial charge < -0.3 is 4.74 Å². The normalized spacial score (nSPS) is 26.9. The first-order chi connectivity index (χ1) is 9.26. The molecule has 5 nitrogen and oxygen atoms in total. The fraction of sp³-hybridized carbons (Fsp3) is 0.500. The molecule has 8 heteroatoms. The summed E-state index contributed by atoms with van der Waals surface area (Å²) in [6.07, 6.45) is 0.316. The second-order valence-corrected chi connectivity index (χ2v) is 6.87. The van der Waals surface area contributed by atoms with E-state index in [1.165, 1.54) is 0 Å². The number of ether oxygens (including phenoxy) is 1. The Morgan fingerprint density at radius 1 is 1.45 bits per heavy atom. The molecule has 0 spiro atoms. The van der Waals surface area contributed by atoms with Crippen LogP contribution in [0, 0.1) is 5.92 Å². The van der Waals surface area contributed by atoms with Crippen LogP contribution in [0.4, 0.5) is 0 Å². The standard InChI is InChI=1S/C12H15Cl2NO4S/c1-7-4-8(6-18-20(15,16)17)12(19-7)10-3-2-9(13)5-11(10)14/h2-3,5,7-8,12H,4,6H2,1H3,(H2,15,16,17)/t7?,8-,12+/m0/s1. The SMILES string of the molecule is CC1C[C@@H](COS(N)(=O)=O)[C@H](c2ccc(Cl)cc2Cl)O1. The van der Waals surface area contributed by atoms with E-state index in [1.807, 2.05) is 6.92 Å². The van der Waals surface area contributed by atoms with Crippen molar-refractivity contribution in [1.82, 2.24) is 0 Å². The summed E-state index contributed by atoms with van der Waals surface area (Å²) < 4.78 is 32.3. The Hall–Kier alpha value is -0.370. The minimum absolute atomic E-state index is 0.0131. The van der Waals surface area contributed by atoms with Crippen LogP contribution in [0.1, 0.15) is 25.0 Å². The minimum Gasteiger partial charge on any atom is -0.370 e. The molecule has 1 aliphatic heterocycles. The Balaban J connectivity index is 2.19. The van der Waals surface area contributed by atoms with Crippen LogP contribution < -0.4 is 5.14 Å². The van der Waals surface area contributed by atoms with Crippen LogP contribution >= 0.6 is 23.2 Å². The lowest BCUT2D eigenvalue weighted by molar-refractivity contribution is 0.0365. The van der Waals surface area contributed by atoms with Crippen LogP contribution in [0.3, 0.4) is 0 Å². The highest BCUT2D eigenvalue weighted by atomic mass is 35.5. The molecular weight excluding hydrogens is 325 g/mol. The number of benzene rings is 1. The molecule has 1 heterocycles. The molecule has 0 amide bonds. The summed E-state index contributed by atoms with van der Waals surface area (Å²) in [5.41, 5.74) is 0.767. The van der Waals surface area contributed by atoms with Gasteiger partial charge in [-0.3, -0.25) is 4.18 Å². The van der Waals surface area contributed by atoms with Gasteiger partial charge in [-0.05, 0) is 31.0 Å². The van der Waals surface area contributed by atoms with E-state index >= 15 is 0 Å². The Kier molecular flexibility index (Phi) is 4.94. The van der Waals surface area contributed by atoms with Gasteiger partial charge in [0, 0.05) is 16.0 Å². The van der Waals surface area contributed by atoms with Crippen molar-refractivity contribution in [2.45, 2.75) is 25.6 Å². The van der Waals surface area contributed by atoms with Gasteiger partial charge in [-0.15, -0.1) is 0 Å². The minimum atomic E-state index is -3.96. The fourth-order valence-corrected chi connectivity index (χ4v) is 3.24. The van der Waals surface area contributed by atoms with Crippen LogP contribution in [-0.4, -0.2) is 21.1 Å². The van der Waals surface area contributed by atoms with Gasteiger partial charge in [0.25, 0.3) is 0 Å². The van der Waals surface area contributed by atoms with Crippen molar-refractivity contribution in [2.24, 2.45) is 11.1 Å². The maximum absolute atomic E-state index is 10.9. The summed E-state index contributed by atoms with van der Waals surface area (Å²) in [5, 5.41) is 5.86. The van der Waals surface area contributed by atoms with E-state index in [1.54, 1.807) is 18.2 Å². The predicted octanol–water partition coefficient (Wildman–Crippen LogP) is 2.68. The molecule has 20 heavy (non-hydrogen) atoms. The first-order valence-corrected chi connectivity index (χ1v) is 8.26. The van der Waals surface area contributed by atoms with Crippen molar-refractivity contribution >= 4 is 33.5 Å². The van der Waals surface area contributed by atoms with Gasteiger partial charge in [0.15, 0.2) is 0 Å². The Morgan fingerprint density at radius 3 is 2.75 bits per heavy atom. The van der Waals surface area contributed by atoms with Gasteiger partial charge in [0.05, 0.1) is 18.8 Å². The molecule has 0 saturated carbocycles. The maximum Gasteiger partial charge on any atom is 0.333 e. The largest absolute Gasteiger partial charge is 0.370 e. The lowest BCUT2D eigenvalue weighted by Gasteiger charge is -2.19. The van der Waals surface area contributed by atoms with Crippen molar-refractivity contribution in [2.75, 3.05) is 6.61 Å². The number of rotatable bonds is 4. The quantitative estimate of drug-likeness (QED) is 0.914. The molecule has 0 aliphatic carbocycles. The van der Waals surface area contributed by atoms with Gasteiger partial charge in [-0.2, -0.15) is 8.42 Å². The summed E-state index contributed by atoms with van der Waals surface area (Å²) in [5.74, 6) is -0.137. The Morgan fingerprint density at radius 2 is 2.15 bits per heavy atom. The second kappa shape index (κ2) is 6.17. The zero-order chi connectivity index (χ0) is 14.9. The van der Waals surface area contributed by atoms with E-state index in [9.17, 15) is 8.42 Å². The molecule has 1 aromatic rings. The maximum atomic E-state index is 10.9. The molecule has 2 rings (SSSR count). The number of halogens is 2. The lowest BCUT2D eigenvalue weighted by atomic mass is 9.95. The zero-order valence-corrected chi connectivity index (χ0v) is 13.1. The average molecular weight is 340 g/mol. The third-order valence-corrected chi connectivity index (χ3v) is 4.18. The van der Waals surface area contributed by atoms with Gasteiger partial charge in [0.1, 0.15) is 0 Å². The van der Waals surface area contributed by atoms with Crippen LogP contribution in [-0.2, 0) is 19.2 Å². The number of hydrogen-bond acceptors (Lipinski definition) is 4. The first-order valence-electron chi connectivity index (χ1n) is 6.04. The molecule has 1 aliphatic rings. The summed E-state index contributed by atoms with van der Waals surface area (Å²) >= 11 is 12.0. The van der Waals surface area contributed by atoms with Crippen molar-refractivity contribution < 1.29 is 17.3 Å². The van der Waals surface area contributed by atoms with Gasteiger partial charge >= 0.3 is 10.3 Å². The van der Waals surface area contributed by atoms with Crippen LogP contribution in [0.15, 0.2) is 18.2 Å². The third-order valence-electron chi connectivity index (χ3n) is 3.16. The monoisotopic (exact) mass is 339 g/mol. The highest BCUT2D eigenvalue weighted by Crippen LogP contribution is 2.41. The molecule has 3 atom stereocenters. The average Bonchev–Trinajstić information content (AvgIpc) is 2.67. The predicted molar refractivity (Wildman–Crippen MR) is 76.9 cm³/mol. The van der Waals surface area contributed by atoms with Gasteiger partial charge in [-0.1, -0.05) is 29.3 Å². The topological polar surface area (TPSA) is 78.6 Å². The van der Waals surface area contributed by atoms with Gasteiger partial charge in [0.2, 0.25) is 0 Å². The van der Waals surface area contributed by atoms with Gasteiger partial charge in [-0.25, -0.2) is 5.14 Å². The smallest absolute Gasteiger partial charge is 0.333 e. The molecule has 1 aromatic carbocycles. The van der Waals surface area contributed by atoms with Crippen molar-refractivity contribution in [3.63, 3.8) is 0 Å². The Labute approximate surface area is 128 Å². The molecule has 0 radical (unpaired) electrons. The zero-order valence-electron chi connectivity index (χ0n) is 10.8. The third kappa shape index (κ3) is 4.07. The number of nitrogens with two attached hydrogens (primary N) is 1. The summed E-state index contributed by atoms with van der Waals surface area (Å²) in [7, 11) is -3.96. The second-order valence-electron chi connectivity index (χ2n) is 4.81. The van der Waals surface area contributed by atoms with Crippen LogP contribution in [0.2, 0.25) is 10.0 Å². The van der Waals surface area contributed by atoms with Crippen molar-refractivity contribution in [1.29, 1.82) is 0 Å². The van der Waals surface area contributed by atoms with Crippen molar-refractivity contribution in [3.05, 3.63) is 33.8 Å². The molecule has 1 fully saturated rings. The highest BCUT2D eigenvalue weighted by molar-refractivity contribution is 7.84. The molecule has 1 unspecified atom stereocenters. The highest BCUT2D eigenvalue weighted by Gasteiger charge is 2.36. The molecule has 1 saturated heterocycles. The van der Waals surface area contributed by atoms with E-state index < -0.39 is 10.3 Å². The van der Waals surface area contributed by atoms with E-state index in [0.717, 1.165) is 5.56 Å². The summed E-state index contributed by atoms with van der Waals surface area (Å²) in [6, 6.07) is 5.12. The molecule has 2 N–H and O–H groups in total. The van der Waals surface area contributed by atoms with E-state index in [0.29, 0.717) is 16.5 Å². The molecule has 0 aromatic heterocycles. The first kappa shape index (κ1) is 16.0.